The number of fused-ring (bicyclic) bond motifs is 1. The van der Waals surface area contributed by atoms with Gasteiger partial charge in [-0.25, -0.2) is 0 Å². The lowest BCUT2D eigenvalue weighted by molar-refractivity contribution is 1.14. The number of thiophene rings is 1. The maximum Gasteiger partial charge on any atom is 0.0568 e. The smallest absolute Gasteiger partial charge is 0.0568 e. The van der Waals surface area contributed by atoms with Crippen LogP contribution in [0.2, 0.25) is 0 Å². The first-order valence-corrected chi connectivity index (χ1v) is 6.30. The third kappa shape index (κ3) is 1.45. The molecule has 1 aromatic carbocycles. The van der Waals surface area contributed by atoms with Crippen LogP contribution in [0.5, 0.6) is 0 Å². The first-order chi connectivity index (χ1) is 6.86. The molecule has 0 nitrogen and oxygen atoms in total. The van der Waals surface area contributed by atoms with Gasteiger partial charge in [-0.05, 0) is 41.8 Å². The van der Waals surface area contributed by atoms with E-state index in [1.807, 2.05) is 11.3 Å². The summed E-state index contributed by atoms with van der Waals surface area (Å²) < 4.78 is 1.39. The minimum absolute atomic E-state index is 0.637. The van der Waals surface area contributed by atoms with E-state index in [1.54, 1.807) is 0 Å². The van der Waals surface area contributed by atoms with Crippen LogP contribution in [0.4, 0.5) is 0 Å². The van der Waals surface area contributed by atoms with Gasteiger partial charge in [-0.2, -0.15) is 0 Å². The lowest BCUT2D eigenvalue weighted by Crippen LogP contribution is -1.75. The van der Waals surface area contributed by atoms with E-state index in [-0.39, 0.29) is 0 Å². The summed E-state index contributed by atoms with van der Waals surface area (Å²) >= 11 is 7.65. The predicted octanol–water partition coefficient (Wildman–Crippen LogP) is 4.52. The van der Waals surface area contributed by atoms with Gasteiger partial charge in [0.25, 0.3) is 0 Å². The van der Waals surface area contributed by atoms with Gasteiger partial charge in [0.15, 0.2) is 0 Å². The molecule has 2 heteroatoms. The molecule has 0 saturated heterocycles. The van der Waals surface area contributed by atoms with E-state index in [9.17, 15) is 0 Å². The van der Waals surface area contributed by atoms with Crippen molar-refractivity contribution in [2.24, 2.45) is 0 Å². The summed E-state index contributed by atoms with van der Waals surface area (Å²) in [5.74, 6) is 1.49. The number of benzene rings is 1. The Morgan fingerprint density at radius 1 is 1.29 bits per heavy atom. The fourth-order valence-corrected chi connectivity index (χ4v) is 3.04. The maximum atomic E-state index is 5.82. The van der Waals surface area contributed by atoms with Crippen LogP contribution in [0, 0.1) is 0 Å². The van der Waals surface area contributed by atoms with E-state index >= 15 is 0 Å². The normalized spacial score (nSPS) is 16.4. The SMILES string of the molecule is ClCc1cc2ccc(C3CC3)cc2s1. The quantitative estimate of drug-likeness (QED) is 0.656. The van der Waals surface area contributed by atoms with E-state index < -0.39 is 0 Å². The number of alkyl halides is 1. The zero-order valence-electron chi connectivity index (χ0n) is 7.79. The van der Waals surface area contributed by atoms with Crippen LogP contribution < -0.4 is 0 Å². The second-order valence-electron chi connectivity index (χ2n) is 3.92. The van der Waals surface area contributed by atoms with Gasteiger partial charge in [0.2, 0.25) is 0 Å². The number of halogens is 1. The summed E-state index contributed by atoms with van der Waals surface area (Å²) in [5, 5.41) is 1.34. The number of hydrogen-bond donors (Lipinski definition) is 0. The standard InChI is InChI=1S/C12H11ClS/c13-7-11-5-10-4-3-9(8-1-2-8)6-12(10)14-11/h3-6,8H,1-2,7H2. The molecule has 1 aliphatic carbocycles. The van der Waals surface area contributed by atoms with E-state index in [4.69, 9.17) is 11.6 Å². The highest BCUT2D eigenvalue weighted by molar-refractivity contribution is 7.19. The van der Waals surface area contributed by atoms with Crippen LogP contribution in [0.15, 0.2) is 24.3 Å². The van der Waals surface area contributed by atoms with E-state index in [0.29, 0.717) is 5.88 Å². The minimum atomic E-state index is 0.637. The fraction of sp³-hybridized carbons (Fsp3) is 0.333. The van der Waals surface area contributed by atoms with Crippen molar-refractivity contribution < 1.29 is 0 Å². The third-order valence-corrected chi connectivity index (χ3v) is 4.32. The summed E-state index contributed by atoms with van der Waals surface area (Å²) in [5.41, 5.74) is 1.51. The van der Waals surface area contributed by atoms with Gasteiger partial charge in [-0.3, -0.25) is 0 Å². The number of rotatable bonds is 2. The average Bonchev–Trinajstić information content (AvgIpc) is 2.97. The van der Waals surface area contributed by atoms with Crippen LogP contribution >= 0.6 is 22.9 Å². The maximum absolute atomic E-state index is 5.82. The molecule has 0 bridgehead atoms. The Labute approximate surface area is 92.5 Å². The molecule has 1 heterocycles. The van der Waals surface area contributed by atoms with E-state index in [0.717, 1.165) is 5.92 Å². The Kier molecular flexibility index (Phi) is 2.03. The summed E-state index contributed by atoms with van der Waals surface area (Å²) in [7, 11) is 0. The van der Waals surface area contributed by atoms with E-state index in [1.165, 1.54) is 33.4 Å². The first-order valence-electron chi connectivity index (χ1n) is 4.95. The molecule has 0 unspecified atom stereocenters. The van der Waals surface area contributed by atoms with Crippen molar-refractivity contribution in [3.63, 3.8) is 0 Å². The van der Waals surface area contributed by atoms with Crippen molar-refractivity contribution in [2.45, 2.75) is 24.6 Å². The van der Waals surface area contributed by atoms with Gasteiger partial charge in [0, 0.05) is 9.58 Å². The van der Waals surface area contributed by atoms with Crippen LogP contribution in [0.3, 0.4) is 0 Å². The molecule has 2 aromatic rings. The summed E-state index contributed by atoms with van der Waals surface area (Å²) in [4.78, 5) is 1.27. The second-order valence-corrected chi connectivity index (χ2v) is 5.35. The van der Waals surface area contributed by atoms with Gasteiger partial charge in [0.1, 0.15) is 0 Å². The summed E-state index contributed by atoms with van der Waals surface area (Å²) in [6, 6.07) is 9.04. The molecule has 72 valence electrons. The van der Waals surface area contributed by atoms with Crippen molar-refractivity contribution >= 4 is 33.0 Å². The number of hydrogen-bond acceptors (Lipinski definition) is 1. The highest BCUT2D eigenvalue weighted by atomic mass is 35.5. The Balaban J connectivity index is 2.12. The lowest BCUT2D eigenvalue weighted by Gasteiger charge is -1.96. The van der Waals surface area contributed by atoms with Gasteiger partial charge in [-0.1, -0.05) is 12.1 Å². The average molecular weight is 223 g/mol. The fourth-order valence-electron chi connectivity index (χ4n) is 1.84. The largest absolute Gasteiger partial charge is 0.139 e. The molecule has 0 spiro atoms. The Hall–Kier alpha value is -0.530. The molecule has 0 amide bonds. The Morgan fingerprint density at radius 3 is 2.86 bits per heavy atom. The molecule has 0 N–H and O–H groups in total. The highest BCUT2D eigenvalue weighted by Crippen LogP contribution is 2.41. The van der Waals surface area contributed by atoms with Crippen molar-refractivity contribution in [1.82, 2.24) is 0 Å². The van der Waals surface area contributed by atoms with Gasteiger partial charge < -0.3 is 0 Å². The molecule has 3 rings (SSSR count). The topological polar surface area (TPSA) is 0 Å². The van der Waals surface area contributed by atoms with Crippen LogP contribution in [0.1, 0.15) is 29.2 Å². The molecule has 0 radical (unpaired) electrons. The van der Waals surface area contributed by atoms with Gasteiger partial charge >= 0.3 is 0 Å². The second kappa shape index (κ2) is 3.25. The van der Waals surface area contributed by atoms with Crippen LogP contribution in [0.25, 0.3) is 10.1 Å². The van der Waals surface area contributed by atoms with Gasteiger partial charge in [-0.15, -0.1) is 22.9 Å². The zero-order valence-corrected chi connectivity index (χ0v) is 9.37. The van der Waals surface area contributed by atoms with Crippen LogP contribution in [-0.4, -0.2) is 0 Å². The summed E-state index contributed by atoms with van der Waals surface area (Å²) in [6.07, 6.45) is 2.75. The van der Waals surface area contributed by atoms with Gasteiger partial charge in [0.05, 0.1) is 5.88 Å². The van der Waals surface area contributed by atoms with Crippen molar-refractivity contribution in [1.29, 1.82) is 0 Å². The molecule has 0 aliphatic heterocycles. The third-order valence-electron chi connectivity index (χ3n) is 2.78. The van der Waals surface area contributed by atoms with Crippen molar-refractivity contribution in [2.75, 3.05) is 0 Å². The van der Waals surface area contributed by atoms with Crippen molar-refractivity contribution in [3.8, 4) is 0 Å². The molecule has 0 atom stereocenters. The molecular weight excluding hydrogens is 212 g/mol. The minimum Gasteiger partial charge on any atom is -0.139 e. The summed E-state index contributed by atoms with van der Waals surface area (Å²) in [6.45, 7) is 0. The predicted molar refractivity (Wildman–Crippen MR) is 63.4 cm³/mol. The molecule has 1 aromatic heterocycles. The Morgan fingerprint density at radius 2 is 2.14 bits per heavy atom. The monoisotopic (exact) mass is 222 g/mol. The molecular formula is C12H11ClS. The van der Waals surface area contributed by atoms with Crippen LogP contribution in [-0.2, 0) is 5.88 Å². The Bertz CT molecular complexity index is 468. The molecule has 14 heavy (non-hydrogen) atoms. The van der Waals surface area contributed by atoms with E-state index in [2.05, 4.69) is 24.3 Å². The first kappa shape index (κ1) is 8.75. The zero-order chi connectivity index (χ0) is 9.54. The molecule has 1 fully saturated rings. The molecule has 1 aliphatic rings. The highest BCUT2D eigenvalue weighted by Gasteiger charge is 2.23. The lowest BCUT2D eigenvalue weighted by atomic mass is 10.1. The van der Waals surface area contributed by atoms with Crippen molar-refractivity contribution in [3.05, 3.63) is 34.7 Å². The molecule has 1 saturated carbocycles.